The van der Waals surface area contributed by atoms with E-state index < -0.39 is 6.61 Å². The van der Waals surface area contributed by atoms with Gasteiger partial charge in [-0.15, -0.1) is 11.8 Å². The van der Waals surface area contributed by atoms with E-state index in [1.54, 1.807) is 24.3 Å². The second-order valence-electron chi connectivity index (χ2n) is 5.64. The molecule has 0 aliphatic carbocycles. The number of halogens is 3. The molecule has 0 aromatic heterocycles. The summed E-state index contributed by atoms with van der Waals surface area (Å²) in [5.41, 5.74) is 1.46. The molecule has 3 nitrogen and oxygen atoms in total. The minimum absolute atomic E-state index is 0.0555. The van der Waals surface area contributed by atoms with Crippen LogP contribution in [0.2, 0.25) is 0 Å². The van der Waals surface area contributed by atoms with Crippen LogP contribution < -0.4 is 10.1 Å². The molecule has 0 bridgehead atoms. The number of carbonyl (C=O) groups is 1. The van der Waals surface area contributed by atoms with Gasteiger partial charge in [0.25, 0.3) is 0 Å². The molecule has 1 heterocycles. The van der Waals surface area contributed by atoms with Gasteiger partial charge in [0.15, 0.2) is 0 Å². The first-order valence-corrected chi connectivity index (χ1v) is 8.96. The molecule has 0 spiro atoms. The SMILES string of the molecule is O=C(/C=C/c1ccc(OC(F)F)cc1)N[C@H]1CCSc2c(F)cccc21. The lowest BCUT2D eigenvalue weighted by Crippen LogP contribution is -2.29. The lowest BCUT2D eigenvalue weighted by molar-refractivity contribution is -0.117. The topological polar surface area (TPSA) is 38.3 Å². The predicted octanol–water partition coefficient (Wildman–Crippen LogP) is 4.79. The van der Waals surface area contributed by atoms with Crippen molar-refractivity contribution in [2.45, 2.75) is 24.0 Å². The zero-order valence-corrected chi connectivity index (χ0v) is 14.4. The van der Waals surface area contributed by atoms with Crippen LogP contribution in [0, 0.1) is 5.82 Å². The molecule has 2 aromatic rings. The normalized spacial score (nSPS) is 16.5. The summed E-state index contributed by atoms with van der Waals surface area (Å²) in [6.07, 6.45) is 3.66. The number of nitrogens with one attached hydrogen (secondary N) is 1. The van der Waals surface area contributed by atoms with E-state index in [9.17, 15) is 18.0 Å². The molecular weight excluding hydrogens is 363 g/mol. The highest BCUT2D eigenvalue weighted by atomic mass is 32.2. The number of amides is 1. The molecule has 3 rings (SSSR count). The van der Waals surface area contributed by atoms with E-state index in [-0.39, 0.29) is 23.5 Å². The Labute approximate surface area is 153 Å². The summed E-state index contributed by atoms with van der Waals surface area (Å²) < 4.78 is 42.4. The zero-order valence-electron chi connectivity index (χ0n) is 13.6. The largest absolute Gasteiger partial charge is 0.435 e. The summed E-state index contributed by atoms with van der Waals surface area (Å²) in [6, 6.07) is 10.6. The van der Waals surface area contributed by atoms with Crippen molar-refractivity contribution in [1.82, 2.24) is 5.32 Å². The van der Waals surface area contributed by atoms with Gasteiger partial charge < -0.3 is 10.1 Å². The highest BCUT2D eigenvalue weighted by Gasteiger charge is 2.23. The van der Waals surface area contributed by atoms with E-state index in [0.717, 1.165) is 17.7 Å². The van der Waals surface area contributed by atoms with Crippen molar-refractivity contribution in [3.8, 4) is 5.75 Å². The Morgan fingerprint density at radius 2 is 2.00 bits per heavy atom. The zero-order chi connectivity index (χ0) is 18.5. The van der Waals surface area contributed by atoms with Gasteiger partial charge in [-0.3, -0.25) is 4.79 Å². The van der Waals surface area contributed by atoms with Gasteiger partial charge >= 0.3 is 6.61 Å². The van der Waals surface area contributed by atoms with Crippen LogP contribution in [0.15, 0.2) is 53.4 Å². The molecule has 1 amide bonds. The van der Waals surface area contributed by atoms with Crippen LogP contribution in [0.1, 0.15) is 23.6 Å². The average molecular weight is 379 g/mol. The van der Waals surface area contributed by atoms with Crippen molar-refractivity contribution in [2.75, 3.05) is 5.75 Å². The number of rotatable bonds is 5. The Bertz CT molecular complexity index is 809. The molecule has 136 valence electrons. The van der Waals surface area contributed by atoms with E-state index in [1.165, 1.54) is 36.0 Å². The van der Waals surface area contributed by atoms with Gasteiger partial charge in [-0.2, -0.15) is 8.78 Å². The first-order chi connectivity index (χ1) is 12.5. The molecule has 0 saturated heterocycles. The maximum atomic E-state index is 13.9. The second-order valence-corrected chi connectivity index (χ2v) is 6.74. The summed E-state index contributed by atoms with van der Waals surface area (Å²) in [5.74, 6) is 0.215. The van der Waals surface area contributed by atoms with Gasteiger partial charge in [-0.25, -0.2) is 4.39 Å². The average Bonchev–Trinajstić information content (AvgIpc) is 2.62. The molecule has 1 aliphatic heterocycles. The van der Waals surface area contributed by atoms with E-state index >= 15 is 0 Å². The van der Waals surface area contributed by atoms with Crippen LogP contribution in [0.3, 0.4) is 0 Å². The van der Waals surface area contributed by atoms with Crippen molar-refractivity contribution in [2.24, 2.45) is 0 Å². The number of hydrogen-bond donors (Lipinski definition) is 1. The number of ether oxygens (including phenoxy) is 1. The van der Waals surface area contributed by atoms with E-state index in [2.05, 4.69) is 10.1 Å². The molecule has 1 aliphatic rings. The van der Waals surface area contributed by atoms with Crippen molar-refractivity contribution >= 4 is 23.7 Å². The molecule has 2 aromatic carbocycles. The second kappa shape index (κ2) is 8.31. The smallest absolute Gasteiger partial charge is 0.387 e. The fourth-order valence-corrected chi connectivity index (χ4v) is 3.83. The molecule has 1 N–H and O–H groups in total. The fraction of sp³-hybridized carbons (Fsp3) is 0.211. The Hall–Kier alpha value is -2.41. The number of hydrogen-bond acceptors (Lipinski definition) is 3. The van der Waals surface area contributed by atoms with E-state index in [4.69, 9.17) is 0 Å². The van der Waals surface area contributed by atoms with Crippen molar-refractivity contribution in [3.63, 3.8) is 0 Å². The molecular formula is C19H16F3NO2S. The Kier molecular flexibility index (Phi) is 5.88. The Morgan fingerprint density at radius 3 is 2.73 bits per heavy atom. The quantitative estimate of drug-likeness (QED) is 0.759. The van der Waals surface area contributed by atoms with E-state index in [1.807, 2.05) is 6.07 Å². The van der Waals surface area contributed by atoms with Crippen LogP contribution in [-0.4, -0.2) is 18.3 Å². The summed E-state index contributed by atoms with van der Waals surface area (Å²) in [4.78, 5) is 12.8. The van der Waals surface area contributed by atoms with Crippen LogP contribution in [-0.2, 0) is 4.79 Å². The van der Waals surface area contributed by atoms with Crippen molar-refractivity contribution in [1.29, 1.82) is 0 Å². The van der Waals surface area contributed by atoms with Gasteiger partial charge in [-0.05, 0) is 41.8 Å². The van der Waals surface area contributed by atoms with Gasteiger partial charge in [0.2, 0.25) is 5.91 Å². The number of alkyl halides is 2. The highest BCUT2D eigenvalue weighted by molar-refractivity contribution is 7.99. The maximum absolute atomic E-state index is 13.9. The third kappa shape index (κ3) is 4.60. The van der Waals surface area contributed by atoms with Gasteiger partial charge in [0, 0.05) is 16.7 Å². The standard InChI is InChI=1S/C19H16F3NO2S/c20-15-3-1-2-14-16(10-11-26-18(14)15)23-17(24)9-6-12-4-7-13(8-5-12)25-19(21)22/h1-9,16,19H,10-11H2,(H,23,24)/b9-6+/t16-/m0/s1. The number of thioether (sulfide) groups is 1. The molecule has 0 fully saturated rings. The fourth-order valence-electron chi connectivity index (χ4n) is 2.69. The highest BCUT2D eigenvalue weighted by Crippen LogP contribution is 2.37. The van der Waals surface area contributed by atoms with Gasteiger partial charge in [-0.1, -0.05) is 24.3 Å². The van der Waals surface area contributed by atoms with Crippen LogP contribution in [0.25, 0.3) is 6.08 Å². The Morgan fingerprint density at radius 1 is 1.23 bits per heavy atom. The summed E-state index contributed by atoms with van der Waals surface area (Å²) in [6.45, 7) is -2.87. The van der Waals surface area contributed by atoms with Gasteiger partial charge in [0.1, 0.15) is 11.6 Å². The molecule has 0 saturated carbocycles. The minimum Gasteiger partial charge on any atom is -0.435 e. The van der Waals surface area contributed by atoms with Gasteiger partial charge in [0.05, 0.1) is 6.04 Å². The maximum Gasteiger partial charge on any atom is 0.387 e. The Balaban J connectivity index is 1.63. The van der Waals surface area contributed by atoms with Crippen LogP contribution >= 0.6 is 11.8 Å². The molecule has 0 radical (unpaired) electrons. The van der Waals surface area contributed by atoms with Crippen molar-refractivity contribution in [3.05, 3.63) is 65.5 Å². The van der Waals surface area contributed by atoms with Crippen molar-refractivity contribution < 1.29 is 22.7 Å². The van der Waals surface area contributed by atoms with Crippen LogP contribution in [0.4, 0.5) is 13.2 Å². The van der Waals surface area contributed by atoms with E-state index in [0.29, 0.717) is 10.5 Å². The lowest BCUT2D eigenvalue weighted by Gasteiger charge is -2.25. The molecule has 0 unspecified atom stereocenters. The summed E-state index contributed by atoms with van der Waals surface area (Å²) in [7, 11) is 0. The minimum atomic E-state index is -2.87. The molecule has 1 atom stereocenters. The predicted molar refractivity (Wildman–Crippen MR) is 94.7 cm³/mol. The number of carbonyl (C=O) groups excluding carboxylic acids is 1. The lowest BCUT2D eigenvalue weighted by atomic mass is 10.0. The third-order valence-corrected chi connectivity index (χ3v) is 5.03. The number of benzene rings is 2. The van der Waals surface area contributed by atoms with Crippen LogP contribution in [0.5, 0.6) is 5.75 Å². The molecule has 7 heteroatoms. The number of fused-ring (bicyclic) bond motifs is 1. The first kappa shape index (κ1) is 18.4. The summed E-state index contributed by atoms with van der Waals surface area (Å²) >= 11 is 1.45. The molecule has 26 heavy (non-hydrogen) atoms. The third-order valence-electron chi connectivity index (χ3n) is 3.87. The first-order valence-electron chi connectivity index (χ1n) is 7.97. The monoisotopic (exact) mass is 379 g/mol. The summed E-state index contributed by atoms with van der Waals surface area (Å²) in [5, 5.41) is 2.88.